The van der Waals surface area contributed by atoms with Gasteiger partial charge in [-0.3, -0.25) is 4.99 Å². The summed E-state index contributed by atoms with van der Waals surface area (Å²) in [6, 6.07) is 41.4. The van der Waals surface area contributed by atoms with Gasteiger partial charge in [-0.2, -0.15) is 0 Å². The molecule has 0 heterocycles. The highest BCUT2D eigenvalue weighted by atomic mass is 31.1. The maximum Gasteiger partial charge on any atom is 0.0633 e. The van der Waals surface area contributed by atoms with E-state index in [0.717, 1.165) is 28.7 Å². The summed E-state index contributed by atoms with van der Waals surface area (Å²) < 4.78 is 0. The molecule has 0 unspecified atom stereocenters. The van der Waals surface area contributed by atoms with Crippen molar-refractivity contribution in [3.63, 3.8) is 0 Å². The average molecular weight is 403 g/mol. The number of hydrogen-bond acceptors (Lipinski definition) is 1. The normalized spacial score (nSPS) is 11.9. The highest BCUT2D eigenvalue weighted by molar-refractivity contribution is 7.71. The van der Waals surface area contributed by atoms with E-state index in [1.165, 1.54) is 5.30 Å². The minimum atomic E-state index is -0.731. The van der Waals surface area contributed by atoms with Crippen molar-refractivity contribution < 1.29 is 0 Å². The zero-order valence-corrected chi connectivity index (χ0v) is 17.5. The molecule has 0 saturated heterocycles. The van der Waals surface area contributed by atoms with Crippen molar-refractivity contribution in [2.75, 3.05) is 6.16 Å². The van der Waals surface area contributed by atoms with Crippen LogP contribution in [-0.4, -0.2) is 11.9 Å². The number of para-hydroxylation sites is 1. The molecule has 0 aromatic heterocycles. The molecule has 4 aromatic rings. The first-order valence-electron chi connectivity index (χ1n) is 9.96. The second kappa shape index (κ2) is 10.4. The standard InChI is InChI=1S/C28H22NP/c1-5-13-24(14-6-1)21-22-30(27-19-11-4-12-20-27)23-28(25-15-7-2-8-16-25)29-26-17-9-3-10-18-26/h1-20H,23H2/t30-/m1/s1. The number of benzene rings is 4. The van der Waals surface area contributed by atoms with E-state index >= 15 is 0 Å². The van der Waals surface area contributed by atoms with E-state index in [9.17, 15) is 0 Å². The van der Waals surface area contributed by atoms with Gasteiger partial charge in [0.25, 0.3) is 0 Å². The van der Waals surface area contributed by atoms with Crippen LogP contribution in [0.15, 0.2) is 126 Å². The molecule has 1 nitrogen and oxygen atoms in total. The van der Waals surface area contributed by atoms with Crippen LogP contribution in [0.1, 0.15) is 11.1 Å². The van der Waals surface area contributed by atoms with E-state index in [4.69, 9.17) is 4.99 Å². The Morgan fingerprint density at radius 3 is 1.80 bits per heavy atom. The van der Waals surface area contributed by atoms with Crippen molar-refractivity contribution >= 4 is 24.6 Å². The van der Waals surface area contributed by atoms with Gasteiger partial charge in [0, 0.05) is 19.6 Å². The molecule has 0 amide bonds. The topological polar surface area (TPSA) is 12.4 Å². The van der Waals surface area contributed by atoms with Gasteiger partial charge in [0.15, 0.2) is 0 Å². The summed E-state index contributed by atoms with van der Waals surface area (Å²) in [5.41, 5.74) is 7.80. The molecule has 144 valence electrons. The van der Waals surface area contributed by atoms with E-state index in [1.807, 2.05) is 54.6 Å². The van der Waals surface area contributed by atoms with Crippen molar-refractivity contribution in [1.29, 1.82) is 0 Å². The van der Waals surface area contributed by atoms with Crippen LogP contribution >= 0.6 is 7.92 Å². The van der Waals surface area contributed by atoms with Gasteiger partial charge >= 0.3 is 0 Å². The molecule has 0 aliphatic rings. The first kappa shape index (κ1) is 19.8. The van der Waals surface area contributed by atoms with Crippen molar-refractivity contribution in [3.05, 3.63) is 132 Å². The lowest BCUT2D eigenvalue weighted by molar-refractivity contribution is 1.48. The number of rotatable bonds is 5. The Balaban J connectivity index is 1.73. The molecule has 4 aromatic carbocycles. The van der Waals surface area contributed by atoms with Crippen molar-refractivity contribution in [2.45, 2.75) is 0 Å². The Hall–Kier alpha value is -3.46. The fraction of sp³-hybridized carbons (Fsp3) is 0.0357. The van der Waals surface area contributed by atoms with Gasteiger partial charge in [-0.25, -0.2) is 0 Å². The van der Waals surface area contributed by atoms with Crippen LogP contribution in [0.2, 0.25) is 0 Å². The number of hydrogen-bond donors (Lipinski definition) is 0. The van der Waals surface area contributed by atoms with Gasteiger partial charge in [0.05, 0.1) is 11.4 Å². The molecule has 4 rings (SSSR count). The zero-order chi connectivity index (χ0) is 20.4. The van der Waals surface area contributed by atoms with Crippen LogP contribution in [0, 0.1) is 11.6 Å². The predicted octanol–water partition coefficient (Wildman–Crippen LogP) is 6.62. The molecule has 1 atom stereocenters. The summed E-state index contributed by atoms with van der Waals surface area (Å²) in [7, 11) is -0.731. The molecule has 0 N–H and O–H groups in total. The van der Waals surface area contributed by atoms with E-state index in [2.05, 4.69) is 78.3 Å². The van der Waals surface area contributed by atoms with Crippen LogP contribution in [-0.2, 0) is 0 Å². The van der Waals surface area contributed by atoms with Crippen LogP contribution in [0.25, 0.3) is 0 Å². The summed E-state index contributed by atoms with van der Waals surface area (Å²) >= 11 is 0. The average Bonchev–Trinajstić information content (AvgIpc) is 2.83. The first-order chi connectivity index (χ1) is 14.9. The minimum absolute atomic E-state index is 0.731. The molecule has 2 heteroatoms. The predicted molar refractivity (Wildman–Crippen MR) is 130 cm³/mol. The molecule has 0 fully saturated rings. The molecular weight excluding hydrogens is 381 g/mol. The molecule has 30 heavy (non-hydrogen) atoms. The summed E-state index contributed by atoms with van der Waals surface area (Å²) in [5, 5.41) is 1.27. The summed E-state index contributed by atoms with van der Waals surface area (Å²) in [6.07, 6.45) is 0.804. The Morgan fingerprint density at radius 1 is 0.633 bits per heavy atom. The fourth-order valence-corrected chi connectivity index (χ4v) is 4.83. The van der Waals surface area contributed by atoms with Crippen LogP contribution in [0.3, 0.4) is 0 Å². The van der Waals surface area contributed by atoms with Crippen molar-refractivity contribution in [2.24, 2.45) is 4.99 Å². The lowest BCUT2D eigenvalue weighted by atomic mass is 10.1. The van der Waals surface area contributed by atoms with E-state index < -0.39 is 7.92 Å². The van der Waals surface area contributed by atoms with E-state index in [1.54, 1.807) is 0 Å². The highest BCUT2D eigenvalue weighted by Crippen LogP contribution is 2.35. The number of nitrogens with zero attached hydrogens (tertiary/aromatic N) is 1. The lowest BCUT2D eigenvalue weighted by Gasteiger charge is -2.14. The molecule has 0 bridgehead atoms. The van der Waals surface area contributed by atoms with Gasteiger partial charge in [-0.05, 0) is 35.1 Å². The molecule has 0 radical (unpaired) electrons. The maximum atomic E-state index is 5.01. The second-order valence-electron chi connectivity index (χ2n) is 6.78. The summed E-state index contributed by atoms with van der Waals surface area (Å²) in [4.78, 5) is 5.01. The van der Waals surface area contributed by atoms with Crippen molar-refractivity contribution in [1.82, 2.24) is 0 Å². The number of aliphatic imine (C=N–C) groups is 1. The van der Waals surface area contributed by atoms with Crippen LogP contribution in [0.5, 0.6) is 0 Å². The largest absolute Gasteiger partial charge is 0.252 e. The van der Waals surface area contributed by atoms with Gasteiger partial charge in [-0.15, -0.1) is 0 Å². The zero-order valence-electron chi connectivity index (χ0n) is 16.6. The van der Waals surface area contributed by atoms with Crippen molar-refractivity contribution in [3.8, 4) is 11.6 Å². The fourth-order valence-electron chi connectivity index (χ4n) is 3.09. The van der Waals surface area contributed by atoms with Gasteiger partial charge in [-0.1, -0.05) is 109 Å². The summed E-state index contributed by atoms with van der Waals surface area (Å²) in [6.45, 7) is 0. The molecule has 0 aliphatic heterocycles. The Labute approximate surface area is 179 Å². The second-order valence-corrected chi connectivity index (χ2v) is 8.70. The Bertz CT molecular complexity index is 1140. The minimum Gasteiger partial charge on any atom is -0.252 e. The van der Waals surface area contributed by atoms with Gasteiger partial charge < -0.3 is 0 Å². The van der Waals surface area contributed by atoms with Crippen LogP contribution in [0.4, 0.5) is 5.69 Å². The first-order valence-corrected chi connectivity index (χ1v) is 11.5. The lowest BCUT2D eigenvalue weighted by Crippen LogP contribution is -2.11. The molecule has 0 saturated carbocycles. The Morgan fingerprint density at radius 2 is 1.17 bits per heavy atom. The maximum absolute atomic E-state index is 5.01. The molecule has 0 spiro atoms. The molecular formula is C28H22NP. The third-order valence-corrected chi connectivity index (χ3v) is 6.53. The quantitative estimate of drug-likeness (QED) is 0.202. The highest BCUT2D eigenvalue weighted by Gasteiger charge is 2.14. The van der Waals surface area contributed by atoms with E-state index in [-0.39, 0.29) is 0 Å². The van der Waals surface area contributed by atoms with Gasteiger partial charge in [0.2, 0.25) is 0 Å². The van der Waals surface area contributed by atoms with E-state index in [0.29, 0.717) is 0 Å². The van der Waals surface area contributed by atoms with Gasteiger partial charge in [0.1, 0.15) is 0 Å². The Kier molecular flexibility index (Phi) is 6.85. The smallest absolute Gasteiger partial charge is 0.0633 e. The molecule has 0 aliphatic carbocycles. The SMILES string of the molecule is C(#C[P@](CC(=Nc1ccccc1)c1ccccc1)c1ccccc1)c1ccccc1. The third kappa shape index (κ3) is 5.54. The van der Waals surface area contributed by atoms with Crippen LogP contribution < -0.4 is 5.30 Å². The third-order valence-electron chi connectivity index (χ3n) is 4.61. The summed E-state index contributed by atoms with van der Waals surface area (Å²) in [5.74, 6) is 3.39. The monoisotopic (exact) mass is 403 g/mol.